The quantitative estimate of drug-likeness (QED) is 0.751. The maximum Gasteiger partial charge on any atom is 0.321 e. The fourth-order valence-corrected chi connectivity index (χ4v) is 1.27. The number of nitrogens with one attached hydrogen (secondary N) is 2. The fourth-order valence-electron chi connectivity index (χ4n) is 1.27. The Morgan fingerprint density at radius 3 is 2.41 bits per heavy atom. The zero-order chi connectivity index (χ0) is 12.8. The molecule has 5 heteroatoms. The molecule has 0 spiro atoms. The molecule has 92 valence electrons. The molecule has 5 nitrogen and oxygen atoms in total. The molecule has 0 aliphatic heterocycles. The van der Waals surface area contributed by atoms with Gasteiger partial charge in [-0.1, -0.05) is 0 Å². The van der Waals surface area contributed by atoms with Crippen molar-refractivity contribution in [3.05, 3.63) is 30.1 Å². The van der Waals surface area contributed by atoms with Crippen LogP contribution in [0, 0.1) is 6.92 Å². The van der Waals surface area contributed by atoms with Crippen molar-refractivity contribution >= 4 is 11.9 Å². The summed E-state index contributed by atoms with van der Waals surface area (Å²) in [5.41, 5.74) is 1.12. The summed E-state index contributed by atoms with van der Waals surface area (Å²) in [6.07, 6.45) is 3.60. The number of carbonyl (C=O) groups is 2. The van der Waals surface area contributed by atoms with Gasteiger partial charge in [-0.25, -0.2) is 4.79 Å². The van der Waals surface area contributed by atoms with Crippen LogP contribution in [0.4, 0.5) is 4.79 Å². The smallest absolute Gasteiger partial charge is 0.321 e. The Morgan fingerprint density at radius 1 is 1.29 bits per heavy atom. The first kappa shape index (κ1) is 13.2. The predicted octanol–water partition coefficient (Wildman–Crippen LogP) is 0.517. The lowest BCUT2D eigenvalue weighted by Crippen LogP contribution is -2.48. The summed E-state index contributed by atoms with van der Waals surface area (Å²) >= 11 is 0. The second-order valence-electron chi connectivity index (χ2n) is 4.22. The van der Waals surface area contributed by atoms with Gasteiger partial charge in [0, 0.05) is 18.2 Å². The van der Waals surface area contributed by atoms with Gasteiger partial charge >= 0.3 is 6.03 Å². The summed E-state index contributed by atoms with van der Waals surface area (Å²) in [6.45, 7) is 5.77. The molecule has 1 rings (SSSR count). The third-order valence-corrected chi connectivity index (χ3v) is 2.06. The lowest BCUT2D eigenvalue weighted by molar-refractivity contribution is -0.684. The molecule has 0 radical (unpaired) electrons. The summed E-state index contributed by atoms with van der Waals surface area (Å²) in [7, 11) is 0. The summed E-state index contributed by atoms with van der Waals surface area (Å²) in [6, 6.07) is 3.36. The number of carbonyl (C=O) groups excluding carboxylic acids is 2. The van der Waals surface area contributed by atoms with Crippen molar-refractivity contribution in [2.45, 2.75) is 33.4 Å². The van der Waals surface area contributed by atoms with Crippen LogP contribution in [-0.2, 0) is 11.3 Å². The van der Waals surface area contributed by atoms with Gasteiger partial charge in [-0.2, -0.15) is 4.57 Å². The van der Waals surface area contributed by atoms with Crippen LogP contribution in [0.1, 0.15) is 19.4 Å². The molecule has 1 aromatic heterocycles. The van der Waals surface area contributed by atoms with E-state index in [1.807, 2.05) is 32.9 Å². The lowest BCUT2D eigenvalue weighted by Gasteiger charge is -2.07. The van der Waals surface area contributed by atoms with E-state index in [0.29, 0.717) is 0 Å². The largest absolute Gasteiger partial charge is 0.336 e. The van der Waals surface area contributed by atoms with Gasteiger partial charge in [-0.05, 0) is 26.3 Å². The number of hydrogen-bond donors (Lipinski definition) is 2. The van der Waals surface area contributed by atoms with Crippen LogP contribution >= 0.6 is 0 Å². The average molecular weight is 236 g/mol. The van der Waals surface area contributed by atoms with E-state index < -0.39 is 6.03 Å². The van der Waals surface area contributed by atoms with Gasteiger partial charge in [0.2, 0.25) is 6.54 Å². The predicted molar refractivity (Wildman–Crippen MR) is 63.2 cm³/mol. The van der Waals surface area contributed by atoms with Gasteiger partial charge in [0.15, 0.2) is 12.4 Å². The van der Waals surface area contributed by atoms with Gasteiger partial charge < -0.3 is 5.32 Å². The van der Waals surface area contributed by atoms with Gasteiger partial charge in [-0.15, -0.1) is 0 Å². The molecule has 0 atom stereocenters. The van der Waals surface area contributed by atoms with Crippen LogP contribution in [0.5, 0.6) is 0 Å². The van der Waals surface area contributed by atoms with Gasteiger partial charge in [0.05, 0.1) is 0 Å². The van der Waals surface area contributed by atoms with Crippen LogP contribution in [0.15, 0.2) is 24.5 Å². The van der Waals surface area contributed by atoms with Crippen molar-refractivity contribution in [3.8, 4) is 0 Å². The van der Waals surface area contributed by atoms with Crippen molar-refractivity contribution in [3.63, 3.8) is 0 Å². The molecule has 3 amide bonds. The standard InChI is InChI=1S/C12H17N3O2/c1-9(2)13-12(17)14-11(16)8-15-6-4-10(3)5-7-15/h4-7,9H,8H2,1-3H3,(H-,13,14,16,17)/p+1. The first-order valence-corrected chi connectivity index (χ1v) is 5.53. The Kier molecular flexibility index (Phi) is 4.63. The van der Waals surface area contributed by atoms with Crippen molar-refractivity contribution in [1.29, 1.82) is 0 Å². The second kappa shape index (κ2) is 5.98. The maximum atomic E-state index is 11.5. The molecular weight excluding hydrogens is 218 g/mol. The summed E-state index contributed by atoms with van der Waals surface area (Å²) in [5, 5.41) is 4.85. The molecule has 0 fully saturated rings. The van der Waals surface area contributed by atoms with E-state index in [0.717, 1.165) is 5.56 Å². The first-order chi connectivity index (χ1) is 7.97. The van der Waals surface area contributed by atoms with Gasteiger partial charge in [0.1, 0.15) is 0 Å². The zero-order valence-electron chi connectivity index (χ0n) is 10.4. The number of imide groups is 1. The van der Waals surface area contributed by atoms with E-state index in [4.69, 9.17) is 0 Å². The number of aryl methyl sites for hydroxylation is 1. The third kappa shape index (κ3) is 5.10. The average Bonchev–Trinajstić information content (AvgIpc) is 2.19. The van der Waals surface area contributed by atoms with Crippen molar-refractivity contribution in [2.24, 2.45) is 0 Å². The summed E-state index contributed by atoms with van der Waals surface area (Å²) in [5.74, 6) is -0.336. The van der Waals surface area contributed by atoms with E-state index in [1.165, 1.54) is 0 Å². The Bertz CT molecular complexity index is 399. The number of rotatable bonds is 3. The molecule has 1 heterocycles. The highest BCUT2D eigenvalue weighted by molar-refractivity contribution is 5.93. The Morgan fingerprint density at radius 2 is 1.88 bits per heavy atom. The van der Waals surface area contributed by atoms with E-state index in [9.17, 15) is 9.59 Å². The molecule has 0 aliphatic rings. The Balaban J connectivity index is 2.44. The molecule has 0 aliphatic carbocycles. The number of nitrogens with zero attached hydrogens (tertiary/aromatic N) is 1. The number of urea groups is 1. The SMILES string of the molecule is Cc1cc[n+](CC(=O)NC(=O)NC(C)C)cc1. The van der Waals surface area contributed by atoms with E-state index in [2.05, 4.69) is 10.6 Å². The molecule has 0 bridgehead atoms. The van der Waals surface area contributed by atoms with Crippen LogP contribution in [-0.4, -0.2) is 18.0 Å². The lowest BCUT2D eigenvalue weighted by atomic mass is 10.3. The Hall–Kier alpha value is -1.91. The number of hydrogen-bond acceptors (Lipinski definition) is 2. The molecular formula is C12H18N3O2+. The summed E-state index contributed by atoms with van der Waals surface area (Å²) < 4.78 is 1.71. The van der Waals surface area contributed by atoms with Crippen LogP contribution in [0.2, 0.25) is 0 Å². The highest BCUT2D eigenvalue weighted by Crippen LogP contribution is 1.89. The van der Waals surface area contributed by atoms with Crippen LogP contribution in [0.25, 0.3) is 0 Å². The topological polar surface area (TPSA) is 62.1 Å². The minimum atomic E-state index is -0.460. The zero-order valence-corrected chi connectivity index (χ0v) is 10.4. The van der Waals surface area contributed by atoms with E-state index >= 15 is 0 Å². The van der Waals surface area contributed by atoms with E-state index in [1.54, 1.807) is 17.0 Å². The van der Waals surface area contributed by atoms with Crippen LogP contribution in [0.3, 0.4) is 0 Å². The molecule has 2 N–H and O–H groups in total. The number of aromatic nitrogens is 1. The van der Waals surface area contributed by atoms with Gasteiger partial charge in [0.25, 0.3) is 5.91 Å². The van der Waals surface area contributed by atoms with E-state index in [-0.39, 0.29) is 18.5 Å². The second-order valence-corrected chi connectivity index (χ2v) is 4.22. The molecule has 0 aromatic carbocycles. The van der Waals surface area contributed by atoms with Crippen molar-refractivity contribution < 1.29 is 14.2 Å². The normalized spacial score (nSPS) is 10.1. The van der Waals surface area contributed by atoms with Gasteiger partial charge in [-0.3, -0.25) is 10.1 Å². The molecule has 17 heavy (non-hydrogen) atoms. The molecule has 0 saturated carbocycles. The minimum absolute atomic E-state index is 0.00910. The van der Waals surface area contributed by atoms with Crippen LogP contribution < -0.4 is 15.2 Å². The highest BCUT2D eigenvalue weighted by Gasteiger charge is 2.12. The monoisotopic (exact) mass is 236 g/mol. The number of pyridine rings is 1. The maximum absolute atomic E-state index is 11.5. The third-order valence-electron chi connectivity index (χ3n) is 2.06. The summed E-state index contributed by atoms with van der Waals surface area (Å²) in [4.78, 5) is 22.8. The fraction of sp³-hybridized carbons (Fsp3) is 0.417. The minimum Gasteiger partial charge on any atom is -0.336 e. The first-order valence-electron chi connectivity index (χ1n) is 5.53. The highest BCUT2D eigenvalue weighted by atomic mass is 16.2. The molecule has 1 aromatic rings. The van der Waals surface area contributed by atoms with Crippen molar-refractivity contribution in [2.75, 3.05) is 0 Å². The molecule has 0 unspecified atom stereocenters. The Labute approximate surface area is 101 Å². The number of amides is 3. The molecule has 0 saturated heterocycles. The van der Waals surface area contributed by atoms with Crippen molar-refractivity contribution in [1.82, 2.24) is 10.6 Å².